The molecular formula is C16H26N4O. The Morgan fingerprint density at radius 1 is 1.43 bits per heavy atom. The molecule has 5 nitrogen and oxygen atoms in total. The van der Waals surface area contributed by atoms with E-state index in [0.717, 1.165) is 25.3 Å². The molecule has 2 N–H and O–H groups in total. The summed E-state index contributed by atoms with van der Waals surface area (Å²) in [5.74, 6) is 0.766. The number of aromatic nitrogens is 1. The number of piperidine rings is 1. The molecule has 1 atom stereocenters. The third-order valence-electron chi connectivity index (χ3n) is 4.07. The number of carbonyl (C=O) groups is 1. The smallest absolute Gasteiger partial charge is 0.252 e. The number of nitrogens with one attached hydrogen (secondary N) is 2. The number of pyridine rings is 1. The van der Waals surface area contributed by atoms with E-state index in [1.807, 2.05) is 19.1 Å². The van der Waals surface area contributed by atoms with Gasteiger partial charge < -0.3 is 15.5 Å². The lowest BCUT2D eigenvalue weighted by molar-refractivity contribution is 0.0945. The maximum absolute atomic E-state index is 12.1. The van der Waals surface area contributed by atoms with Crippen LogP contribution in [0.1, 0.15) is 43.0 Å². The van der Waals surface area contributed by atoms with E-state index in [9.17, 15) is 4.79 Å². The molecule has 2 heterocycles. The topological polar surface area (TPSA) is 57.3 Å². The Morgan fingerprint density at radius 3 is 2.95 bits per heavy atom. The third kappa shape index (κ3) is 4.70. The number of likely N-dealkylation sites (tertiary alicyclic amines) is 1. The first-order valence-electron chi connectivity index (χ1n) is 7.89. The predicted molar refractivity (Wildman–Crippen MR) is 85.6 cm³/mol. The molecule has 1 aliphatic heterocycles. The minimum absolute atomic E-state index is 0.0380. The van der Waals surface area contributed by atoms with Gasteiger partial charge in [0.2, 0.25) is 0 Å². The van der Waals surface area contributed by atoms with Crippen LogP contribution in [0.15, 0.2) is 18.3 Å². The van der Waals surface area contributed by atoms with E-state index in [4.69, 9.17) is 0 Å². The second-order valence-electron chi connectivity index (χ2n) is 5.64. The van der Waals surface area contributed by atoms with E-state index in [1.54, 1.807) is 6.20 Å². The van der Waals surface area contributed by atoms with Crippen molar-refractivity contribution in [3.8, 4) is 0 Å². The zero-order valence-corrected chi connectivity index (χ0v) is 13.1. The van der Waals surface area contributed by atoms with Crippen LogP contribution >= 0.6 is 0 Å². The average Bonchev–Trinajstić information content (AvgIpc) is 2.50. The lowest BCUT2D eigenvalue weighted by Crippen LogP contribution is -2.39. The van der Waals surface area contributed by atoms with Crippen LogP contribution in [-0.2, 0) is 0 Å². The van der Waals surface area contributed by atoms with Crippen molar-refractivity contribution in [1.29, 1.82) is 0 Å². The summed E-state index contributed by atoms with van der Waals surface area (Å²) >= 11 is 0. The molecule has 0 radical (unpaired) electrons. The second kappa shape index (κ2) is 7.98. The van der Waals surface area contributed by atoms with Crippen LogP contribution in [0.5, 0.6) is 0 Å². The summed E-state index contributed by atoms with van der Waals surface area (Å²) in [5.41, 5.74) is 0.619. The molecule has 0 aromatic carbocycles. The molecule has 1 aromatic heterocycles. The highest BCUT2D eigenvalue weighted by molar-refractivity contribution is 5.94. The van der Waals surface area contributed by atoms with Gasteiger partial charge in [0.1, 0.15) is 5.82 Å². The van der Waals surface area contributed by atoms with Crippen molar-refractivity contribution >= 4 is 11.7 Å². The predicted octanol–water partition coefficient (Wildman–Crippen LogP) is 2.12. The van der Waals surface area contributed by atoms with Gasteiger partial charge in [0.15, 0.2) is 0 Å². The Hall–Kier alpha value is -1.62. The van der Waals surface area contributed by atoms with Gasteiger partial charge in [-0.25, -0.2) is 4.98 Å². The van der Waals surface area contributed by atoms with E-state index in [2.05, 4.69) is 27.6 Å². The Kier molecular flexibility index (Phi) is 5.99. The zero-order valence-electron chi connectivity index (χ0n) is 13.1. The largest absolute Gasteiger partial charge is 0.370 e. The molecule has 5 heteroatoms. The molecule has 0 unspecified atom stereocenters. The van der Waals surface area contributed by atoms with Gasteiger partial charge in [-0.3, -0.25) is 4.79 Å². The lowest BCUT2D eigenvalue weighted by atomic mass is 10.0. The summed E-state index contributed by atoms with van der Waals surface area (Å²) in [4.78, 5) is 18.7. The molecule has 1 saturated heterocycles. The number of anilines is 1. The molecule has 0 bridgehead atoms. The number of hydrogen-bond acceptors (Lipinski definition) is 4. The fourth-order valence-electron chi connectivity index (χ4n) is 2.78. The van der Waals surface area contributed by atoms with Crippen molar-refractivity contribution in [3.63, 3.8) is 0 Å². The van der Waals surface area contributed by atoms with Gasteiger partial charge in [-0.2, -0.15) is 0 Å². The van der Waals surface area contributed by atoms with Crippen LogP contribution in [0, 0.1) is 0 Å². The molecule has 2 rings (SSSR count). The maximum Gasteiger partial charge on any atom is 0.252 e. The Morgan fingerprint density at radius 2 is 2.29 bits per heavy atom. The highest BCUT2D eigenvalue weighted by Crippen LogP contribution is 2.17. The maximum atomic E-state index is 12.1. The van der Waals surface area contributed by atoms with Crippen molar-refractivity contribution in [3.05, 3.63) is 23.9 Å². The molecule has 0 saturated carbocycles. The van der Waals surface area contributed by atoms with Crippen LogP contribution in [-0.4, -0.2) is 48.5 Å². The quantitative estimate of drug-likeness (QED) is 0.842. The SMILES string of the molecule is CCNc1ccc(C(=O)NCC[C@@H]2CCCCN2C)cn1. The van der Waals surface area contributed by atoms with Gasteiger partial charge in [-0.05, 0) is 51.9 Å². The number of rotatable bonds is 6. The van der Waals surface area contributed by atoms with E-state index >= 15 is 0 Å². The summed E-state index contributed by atoms with van der Waals surface area (Å²) < 4.78 is 0. The molecule has 1 fully saturated rings. The van der Waals surface area contributed by atoms with E-state index in [0.29, 0.717) is 11.6 Å². The fourth-order valence-corrected chi connectivity index (χ4v) is 2.78. The number of amides is 1. The van der Waals surface area contributed by atoms with Crippen molar-refractivity contribution < 1.29 is 4.79 Å². The third-order valence-corrected chi connectivity index (χ3v) is 4.07. The van der Waals surface area contributed by atoms with Crippen LogP contribution in [0.4, 0.5) is 5.82 Å². The summed E-state index contributed by atoms with van der Waals surface area (Å²) in [5, 5.41) is 6.11. The Balaban J connectivity index is 1.76. The average molecular weight is 290 g/mol. The van der Waals surface area contributed by atoms with Crippen LogP contribution < -0.4 is 10.6 Å². The summed E-state index contributed by atoms with van der Waals surface area (Å²) in [6.45, 7) is 4.75. The van der Waals surface area contributed by atoms with Crippen molar-refractivity contribution in [2.24, 2.45) is 0 Å². The molecular weight excluding hydrogens is 264 g/mol. The molecule has 1 amide bonds. The van der Waals surface area contributed by atoms with Crippen LogP contribution in [0.2, 0.25) is 0 Å². The summed E-state index contributed by atoms with van der Waals surface area (Å²) in [6, 6.07) is 4.26. The number of hydrogen-bond donors (Lipinski definition) is 2. The van der Waals surface area contributed by atoms with Crippen molar-refractivity contribution in [2.75, 3.05) is 32.0 Å². The first-order valence-corrected chi connectivity index (χ1v) is 7.89. The van der Waals surface area contributed by atoms with Gasteiger partial charge in [0.25, 0.3) is 5.91 Å². The fraction of sp³-hybridized carbons (Fsp3) is 0.625. The molecule has 116 valence electrons. The van der Waals surface area contributed by atoms with Gasteiger partial charge in [0.05, 0.1) is 5.56 Å². The lowest BCUT2D eigenvalue weighted by Gasteiger charge is -2.32. The normalized spacial score (nSPS) is 19.2. The van der Waals surface area contributed by atoms with E-state index < -0.39 is 0 Å². The van der Waals surface area contributed by atoms with E-state index in [-0.39, 0.29) is 5.91 Å². The first-order chi connectivity index (χ1) is 10.2. The van der Waals surface area contributed by atoms with Gasteiger partial charge in [0, 0.05) is 25.3 Å². The van der Waals surface area contributed by atoms with E-state index in [1.165, 1.54) is 25.8 Å². The van der Waals surface area contributed by atoms with Crippen LogP contribution in [0.3, 0.4) is 0 Å². The Bertz CT molecular complexity index is 446. The molecule has 0 spiro atoms. The highest BCUT2D eigenvalue weighted by atomic mass is 16.1. The Labute approximate surface area is 127 Å². The molecule has 0 aliphatic carbocycles. The van der Waals surface area contributed by atoms with Crippen molar-refractivity contribution in [2.45, 2.75) is 38.6 Å². The van der Waals surface area contributed by atoms with Crippen LogP contribution in [0.25, 0.3) is 0 Å². The summed E-state index contributed by atoms with van der Waals surface area (Å²) in [7, 11) is 2.18. The standard InChI is InChI=1S/C16H26N4O/c1-3-17-15-8-7-13(12-19-15)16(21)18-10-9-14-6-4-5-11-20(14)2/h7-8,12,14H,3-6,9-11H2,1-2H3,(H,17,19)(H,18,21)/t14-/m0/s1. The number of carbonyl (C=O) groups excluding carboxylic acids is 1. The molecule has 1 aromatic rings. The zero-order chi connectivity index (χ0) is 15.1. The minimum Gasteiger partial charge on any atom is -0.370 e. The summed E-state index contributed by atoms with van der Waals surface area (Å²) in [6.07, 6.45) is 6.48. The van der Waals surface area contributed by atoms with Gasteiger partial charge >= 0.3 is 0 Å². The molecule has 1 aliphatic rings. The molecule has 21 heavy (non-hydrogen) atoms. The minimum atomic E-state index is -0.0380. The van der Waals surface area contributed by atoms with Gasteiger partial charge in [-0.15, -0.1) is 0 Å². The second-order valence-corrected chi connectivity index (χ2v) is 5.64. The number of nitrogens with zero attached hydrogens (tertiary/aromatic N) is 2. The monoisotopic (exact) mass is 290 g/mol. The highest BCUT2D eigenvalue weighted by Gasteiger charge is 2.18. The van der Waals surface area contributed by atoms with Crippen molar-refractivity contribution in [1.82, 2.24) is 15.2 Å². The van der Waals surface area contributed by atoms with Gasteiger partial charge in [-0.1, -0.05) is 6.42 Å². The first kappa shape index (κ1) is 15.8.